The molecular formula is C27H27N5S. The monoisotopic (exact) mass is 453 g/mol. The molecular weight excluding hydrogens is 426 g/mol. The Hall–Kier alpha value is -3.51. The Bertz CT molecular complexity index is 1270. The van der Waals surface area contributed by atoms with Crippen LogP contribution in [0.15, 0.2) is 79.1 Å². The van der Waals surface area contributed by atoms with Gasteiger partial charge in [-0.15, -0.1) is 0 Å². The van der Waals surface area contributed by atoms with Crippen molar-refractivity contribution >= 4 is 17.3 Å². The zero-order chi connectivity index (χ0) is 22.9. The van der Waals surface area contributed by atoms with Crippen molar-refractivity contribution in [2.45, 2.75) is 39.4 Å². The summed E-state index contributed by atoms with van der Waals surface area (Å²) in [6, 6.07) is 23.0. The van der Waals surface area contributed by atoms with Crippen LogP contribution in [0.4, 0.5) is 0 Å². The van der Waals surface area contributed by atoms with Crippen molar-refractivity contribution < 1.29 is 0 Å². The molecule has 33 heavy (non-hydrogen) atoms. The second kappa shape index (κ2) is 8.79. The van der Waals surface area contributed by atoms with Crippen molar-refractivity contribution in [3.63, 3.8) is 0 Å². The van der Waals surface area contributed by atoms with E-state index < -0.39 is 0 Å². The van der Waals surface area contributed by atoms with E-state index in [-0.39, 0.29) is 12.1 Å². The first-order valence-electron chi connectivity index (χ1n) is 11.2. The molecule has 2 atom stereocenters. The second-order valence-corrected chi connectivity index (χ2v) is 8.96. The number of benzene rings is 1. The molecule has 1 saturated heterocycles. The smallest absolute Gasteiger partial charge is 0.170 e. The molecule has 0 aliphatic carbocycles. The minimum Gasteiger partial charge on any atom is -0.352 e. The third kappa shape index (κ3) is 4.02. The minimum atomic E-state index is -0.0469. The lowest BCUT2D eigenvalue weighted by atomic mass is 9.96. The van der Waals surface area contributed by atoms with Gasteiger partial charge < -0.3 is 14.8 Å². The summed E-state index contributed by atoms with van der Waals surface area (Å²) in [4.78, 5) is 11.5. The summed E-state index contributed by atoms with van der Waals surface area (Å²) in [5, 5.41) is 4.27. The number of aryl methyl sites for hydroxylation is 2. The number of aromatic nitrogens is 3. The molecule has 0 radical (unpaired) electrons. The Balaban J connectivity index is 1.61. The average Bonchev–Trinajstić information content (AvgIpc) is 3.31. The summed E-state index contributed by atoms with van der Waals surface area (Å²) in [6.07, 6.45) is 3.67. The minimum absolute atomic E-state index is 0.000181. The van der Waals surface area contributed by atoms with Crippen LogP contribution < -0.4 is 5.32 Å². The van der Waals surface area contributed by atoms with Crippen molar-refractivity contribution in [2.24, 2.45) is 0 Å². The maximum Gasteiger partial charge on any atom is 0.170 e. The average molecular weight is 454 g/mol. The molecule has 5 nitrogen and oxygen atoms in total. The molecule has 1 aliphatic heterocycles. The number of thiocarbonyl (C=S) groups is 1. The van der Waals surface area contributed by atoms with Crippen LogP contribution >= 0.6 is 12.2 Å². The first kappa shape index (κ1) is 21.3. The molecule has 0 saturated carbocycles. The van der Waals surface area contributed by atoms with Gasteiger partial charge in [0.15, 0.2) is 5.11 Å². The first-order valence-corrected chi connectivity index (χ1v) is 11.6. The number of nitrogens with one attached hydrogen (secondary N) is 1. The largest absolute Gasteiger partial charge is 0.352 e. The molecule has 1 aliphatic rings. The van der Waals surface area contributed by atoms with Gasteiger partial charge in [0.05, 0.1) is 30.0 Å². The summed E-state index contributed by atoms with van der Waals surface area (Å²) in [5.74, 6) is 0. The maximum atomic E-state index is 5.84. The summed E-state index contributed by atoms with van der Waals surface area (Å²) in [7, 11) is 0. The van der Waals surface area contributed by atoms with Crippen molar-refractivity contribution in [3.8, 4) is 5.69 Å². The zero-order valence-electron chi connectivity index (χ0n) is 19.1. The molecule has 4 heterocycles. The van der Waals surface area contributed by atoms with Crippen LogP contribution in [0.1, 0.15) is 46.0 Å². The number of hydrogen-bond acceptors (Lipinski definition) is 3. The van der Waals surface area contributed by atoms with Crippen molar-refractivity contribution in [2.75, 3.05) is 0 Å². The number of pyridine rings is 2. The van der Waals surface area contributed by atoms with E-state index in [4.69, 9.17) is 12.2 Å². The summed E-state index contributed by atoms with van der Waals surface area (Å²) in [5.41, 5.74) is 8.03. The Labute approximate surface area is 200 Å². The molecule has 1 N–H and O–H groups in total. The predicted molar refractivity (Wildman–Crippen MR) is 135 cm³/mol. The molecule has 5 rings (SSSR count). The van der Waals surface area contributed by atoms with Crippen LogP contribution in [0.2, 0.25) is 0 Å². The number of nitrogens with zero attached hydrogens (tertiary/aromatic N) is 4. The van der Waals surface area contributed by atoms with Gasteiger partial charge in [-0.1, -0.05) is 29.8 Å². The fourth-order valence-electron chi connectivity index (χ4n) is 4.76. The Morgan fingerprint density at radius 3 is 2.30 bits per heavy atom. The standard InChI is InChI=1S/C27H27N5S/c1-18-10-12-22(13-11-18)32-19(2)16-23(20(32)3)26-25(24-9-5-7-15-29-24)30-27(33)31(26)17-21-8-4-6-14-28-21/h4-16,25-26H,17H2,1-3H3,(H,30,33)/t25-,26+/m1/s1. The van der Waals surface area contributed by atoms with Gasteiger partial charge in [0.1, 0.15) is 0 Å². The van der Waals surface area contributed by atoms with Crippen LogP contribution in [0.5, 0.6) is 0 Å². The maximum absolute atomic E-state index is 5.84. The summed E-state index contributed by atoms with van der Waals surface area (Å²) in [6.45, 7) is 7.10. The van der Waals surface area contributed by atoms with E-state index >= 15 is 0 Å². The highest BCUT2D eigenvalue weighted by Gasteiger charge is 2.41. The van der Waals surface area contributed by atoms with Crippen LogP contribution in [0.3, 0.4) is 0 Å². The molecule has 166 valence electrons. The van der Waals surface area contributed by atoms with Crippen molar-refractivity contribution in [1.82, 2.24) is 24.8 Å². The van der Waals surface area contributed by atoms with Gasteiger partial charge in [0, 0.05) is 29.5 Å². The van der Waals surface area contributed by atoms with E-state index in [1.165, 1.54) is 28.2 Å². The van der Waals surface area contributed by atoms with Gasteiger partial charge in [-0.05, 0) is 81.0 Å². The quantitative estimate of drug-likeness (QED) is 0.412. The highest BCUT2D eigenvalue weighted by molar-refractivity contribution is 7.80. The normalized spacial score (nSPS) is 17.9. The molecule has 0 amide bonds. The molecule has 4 aromatic rings. The van der Waals surface area contributed by atoms with Crippen LogP contribution in [0, 0.1) is 20.8 Å². The third-order valence-electron chi connectivity index (χ3n) is 6.34. The molecule has 3 aromatic heterocycles. The fraction of sp³-hybridized carbons (Fsp3) is 0.222. The van der Waals surface area contributed by atoms with Gasteiger partial charge in [0.2, 0.25) is 0 Å². The van der Waals surface area contributed by atoms with Gasteiger partial charge in [0.25, 0.3) is 0 Å². The topological polar surface area (TPSA) is 46.0 Å². The lowest BCUT2D eigenvalue weighted by Gasteiger charge is -2.28. The van der Waals surface area contributed by atoms with Gasteiger partial charge >= 0.3 is 0 Å². The molecule has 0 bridgehead atoms. The lowest BCUT2D eigenvalue weighted by molar-refractivity contribution is 0.307. The Morgan fingerprint density at radius 1 is 0.909 bits per heavy atom. The van der Waals surface area contributed by atoms with Gasteiger partial charge in [-0.3, -0.25) is 9.97 Å². The summed E-state index contributed by atoms with van der Waals surface area (Å²) < 4.78 is 2.32. The van der Waals surface area contributed by atoms with Gasteiger partial charge in [-0.2, -0.15) is 0 Å². The predicted octanol–water partition coefficient (Wildman–Crippen LogP) is 5.37. The second-order valence-electron chi connectivity index (χ2n) is 8.57. The molecule has 1 fully saturated rings. The number of rotatable bonds is 5. The van der Waals surface area contributed by atoms with E-state index in [2.05, 4.69) is 81.9 Å². The Morgan fingerprint density at radius 2 is 1.64 bits per heavy atom. The van der Waals surface area contributed by atoms with Crippen LogP contribution in [-0.2, 0) is 6.54 Å². The van der Waals surface area contributed by atoms with Crippen molar-refractivity contribution in [3.05, 3.63) is 113 Å². The van der Waals surface area contributed by atoms with E-state index in [0.717, 1.165) is 16.5 Å². The first-order chi connectivity index (χ1) is 16.0. The molecule has 1 aromatic carbocycles. The van der Waals surface area contributed by atoms with Crippen LogP contribution in [-0.4, -0.2) is 24.5 Å². The fourth-order valence-corrected chi connectivity index (χ4v) is 5.06. The SMILES string of the molecule is Cc1ccc(-n2c(C)cc([C@H]3[C@@H](c4ccccn4)NC(=S)N3Cc3ccccn3)c2C)cc1. The van der Waals surface area contributed by atoms with Crippen molar-refractivity contribution in [1.29, 1.82) is 0 Å². The highest BCUT2D eigenvalue weighted by atomic mass is 32.1. The molecule has 6 heteroatoms. The van der Waals surface area contributed by atoms with E-state index in [1.54, 1.807) is 0 Å². The number of hydrogen-bond donors (Lipinski definition) is 1. The van der Waals surface area contributed by atoms with E-state index in [0.29, 0.717) is 6.54 Å². The summed E-state index contributed by atoms with van der Waals surface area (Å²) >= 11 is 5.84. The molecule has 0 unspecified atom stereocenters. The van der Waals surface area contributed by atoms with E-state index in [1.807, 2.05) is 42.7 Å². The Kier molecular flexibility index (Phi) is 5.68. The lowest BCUT2D eigenvalue weighted by Crippen LogP contribution is -2.29. The molecule has 0 spiro atoms. The highest BCUT2D eigenvalue weighted by Crippen LogP contribution is 2.42. The van der Waals surface area contributed by atoms with E-state index in [9.17, 15) is 0 Å². The van der Waals surface area contributed by atoms with Crippen LogP contribution in [0.25, 0.3) is 5.69 Å². The third-order valence-corrected chi connectivity index (χ3v) is 6.69. The van der Waals surface area contributed by atoms with Gasteiger partial charge in [-0.25, -0.2) is 0 Å². The zero-order valence-corrected chi connectivity index (χ0v) is 19.9.